The van der Waals surface area contributed by atoms with E-state index < -0.39 is 24.5 Å². The third-order valence-electron chi connectivity index (χ3n) is 7.85. The van der Waals surface area contributed by atoms with Crippen LogP contribution >= 0.6 is 0 Å². The van der Waals surface area contributed by atoms with Crippen LogP contribution in [0.4, 0.5) is 0 Å². The lowest BCUT2D eigenvalue weighted by Crippen LogP contribution is -2.47. The zero-order valence-electron chi connectivity index (χ0n) is 27.5. The Morgan fingerprint density at radius 1 is 0.605 bits per heavy atom. The molecule has 0 spiro atoms. The lowest BCUT2D eigenvalue weighted by Gasteiger charge is -2.18. The van der Waals surface area contributed by atoms with Gasteiger partial charge in [0.1, 0.15) is 12.1 Å². The Bertz CT molecular complexity index is 717. The van der Waals surface area contributed by atoms with Gasteiger partial charge >= 0.3 is 11.9 Å². The Morgan fingerprint density at radius 2 is 1.05 bits per heavy atom. The van der Waals surface area contributed by atoms with Gasteiger partial charge in [0, 0.05) is 12.8 Å². The number of unbranched alkanes of at least 4 members (excludes halogenated alkanes) is 17. The Kier molecular flexibility index (Phi) is 28.4. The molecule has 2 atom stereocenters. The quantitative estimate of drug-likeness (QED) is 0.0489. The molecule has 0 saturated carbocycles. The minimum Gasteiger partial charge on any atom is -0.480 e. The van der Waals surface area contributed by atoms with Crippen LogP contribution in [0, 0.1) is 0 Å². The Balaban J connectivity index is 4.05. The molecule has 0 radical (unpaired) electrons. The van der Waals surface area contributed by atoms with E-state index in [4.69, 9.17) is 14.9 Å². The van der Waals surface area contributed by atoms with Crippen LogP contribution in [0.15, 0.2) is 0 Å². The summed E-state index contributed by atoms with van der Waals surface area (Å²) in [7, 11) is 0. The first kappa shape index (κ1) is 40.8. The fourth-order valence-electron chi connectivity index (χ4n) is 5.13. The first-order valence-corrected chi connectivity index (χ1v) is 17.4. The lowest BCUT2D eigenvalue weighted by atomic mass is 10.0. The van der Waals surface area contributed by atoms with E-state index >= 15 is 0 Å². The number of carbonyl (C=O) groups is 4. The second kappa shape index (κ2) is 29.9. The second-order valence-corrected chi connectivity index (χ2v) is 12.0. The number of hydrogen-bond acceptors (Lipinski definition) is 6. The summed E-state index contributed by atoms with van der Waals surface area (Å²) in [5, 5.41) is 22.4. The van der Waals surface area contributed by atoms with Crippen LogP contribution < -0.4 is 10.6 Å². The van der Waals surface area contributed by atoms with Gasteiger partial charge in [-0.1, -0.05) is 117 Å². The first-order valence-electron chi connectivity index (χ1n) is 17.4. The molecule has 252 valence electrons. The van der Waals surface area contributed by atoms with Crippen molar-refractivity contribution >= 4 is 23.8 Å². The van der Waals surface area contributed by atoms with Gasteiger partial charge in [-0.3, -0.25) is 14.4 Å². The summed E-state index contributed by atoms with van der Waals surface area (Å²) >= 11 is 0. The fourth-order valence-corrected chi connectivity index (χ4v) is 5.13. The summed E-state index contributed by atoms with van der Waals surface area (Å²) in [6.45, 7) is 3.40. The van der Waals surface area contributed by atoms with Crippen molar-refractivity contribution < 1.29 is 34.1 Å². The predicted molar refractivity (Wildman–Crippen MR) is 172 cm³/mol. The highest BCUT2D eigenvalue weighted by Gasteiger charge is 2.19. The van der Waals surface area contributed by atoms with Crippen LogP contribution in [0.5, 0.6) is 0 Å². The molecule has 0 fully saturated rings. The van der Waals surface area contributed by atoms with Crippen LogP contribution in [-0.4, -0.2) is 59.3 Å². The van der Waals surface area contributed by atoms with Crippen LogP contribution in [0.2, 0.25) is 0 Å². The van der Waals surface area contributed by atoms with Crippen molar-refractivity contribution in [2.24, 2.45) is 0 Å². The van der Waals surface area contributed by atoms with E-state index in [-0.39, 0.29) is 30.9 Å². The summed E-state index contributed by atoms with van der Waals surface area (Å²) in [6.07, 6.45) is 25.8. The number of nitrogens with one attached hydrogen (secondary N) is 2. The molecule has 2 amide bonds. The zero-order valence-corrected chi connectivity index (χ0v) is 27.5. The number of carbonyl (C=O) groups excluding carboxylic acids is 3. The van der Waals surface area contributed by atoms with Crippen molar-refractivity contribution in [3.63, 3.8) is 0 Å². The van der Waals surface area contributed by atoms with Gasteiger partial charge in [-0.2, -0.15) is 0 Å². The van der Waals surface area contributed by atoms with E-state index in [0.717, 1.165) is 57.8 Å². The van der Waals surface area contributed by atoms with Crippen molar-refractivity contribution in [2.45, 2.75) is 180 Å². The molecule has 0 aromatic heterocycles. The summed E-state index contributed by atoms with van der Waals surface area (Å²) in [5.74, 6) is -2.33. The van der Waals surface area contributed by atoms with E-state index in [1.807, 2.05) is 0 Å². The number of carboxylic acids is 1. The number of aliphatic carboxylic acids is 1. The number of hydrogen-bond donors (Lipinski definition) is 4. The molecule has 0 rings (SSSR count). The summed E-state index contributed by atoms with van der Waals surface area (Å²) in [6, 6.07) is -1.38. The smallest absolute Gasteiger partial charge is 0.328 e. The van der Waals surface area contributed by atoms with Gasteiger partial charge in [-0.05, 0) is 38.5 Å². The molecule has 9 nitrogen and oxygen atoms in total. The van der Waals surface area contributed by atoms with Crippen LogP contribution in [0.25, 0.3) is 0 Å². The molecule has 0 aromatic rings. The monoisotopic (exact) mass is 612 g/mol. The van der Waals surface area contributed by atoms with E-state index in [2.05, 4.69) is 24.5 Å². The zero-order chi connectivity index (χ0) is 32.0. The number of esters is 1. The summed E-state index contributed by atoms with van der Waals surface area (Å²) in [5.41, 5.74) is 0. The molecule has 0 heterocycles. The van der Waals surface area contributed by atoms with Crippen LogP contribution in [-0.2, 0) is 23.9 Å². The van der Waals surface area contributed by atoms with Gasteiger partial charge in [0.05, 0.1) is 13.2 Å². The number of aliphatic hydroxyl groups excluding tert-OH is 1. The van der Waals surface area contributed by atoms with Gasteiger partial charge in [0.25, 0.3) is 0 Å². The van der Waals surface area contributed by atoms with Crippen molar-refractivity contribution in [3.8, 4) is 0 Å². The van der Waals surface area contributed by atoms with Gasteiger partial charge < -0.3 is 25.6 Å². The van der Waals surface area contributed by atoms with Crippen molar-refractivity contribution in [1.29, 1.82) is 0 Å². The maximum absolute atomic E-state index is 12.5. The van der Waals surface area contributed by atoms with Crippen molar-refractivity contribution in [1.82, 2.24) is 10.6 Å². The largest absolute Gasteiger partial charge is 0.480 e. The minimum atomic E-state index is -1.38. The summed E-state index contributed by atoms with van der Waals surface area (Å²) in [4.78, 5) is 47.1. The molecular weight excluding hydrogens is 548 g/mol. The Labute approximate surface area is 261 Å². The van der Waals surface area contributed by atoms with Gasteiger partial charge in [0.15, 0.2) is 0 Å². The normalized spacial score (nSPS) is 12.4. The number of amides is 2. The van der Waals surface area contributed by atoms with Crippen molar-refractivity contribution in [3.05, 3.63) is 0 Å². The molecule has 0 aliphatic rings. The third-order valence-corrected chi connectivity index (χ3v) is 7.85. The lowest BCUT2D eigenvalue weighted by molar-refractivity contribution is -0.150. The van der Waals surface area contributed by atoms with E-state index in [1.54, 1.807) is 0 Å². The van der Waals surface area contributed by atoms with Gasteiger partial charge in [-0.15, -0.1) is 0 Å². The number of aliphatic hydroxyl groups is 1. The average Bonchev–Trinajstić information content (AvgIpc) is 2.98. The molecule has 2 unspecified atom stereocenters. The van der Waals surface area contributed by atoms with Crippen LogP contribution in [0.3, 0.4) is 0 Å². The molecule has 0 saturated heterocycles. The van der Waals surface area contributed by atoms with E-state index in [9.17, 15) is 19.2 Å². The number of rotatable bonds is 31. The second-order valence-electron chi connectivity index (χ2n) is 12.0. The fraction of sp³-hybridized carbons (Fsp3) is 0.882. The van der Waals surface area contributed by atoms with E-state index in [1.165, 1.54) is 77.0 Å². The Hall–Kier alpha value is -2.16. The molecule has 0 aliphatic carbocycles. The highest BCUT2D eigenvalue weighted by Crippen LogP contribution is 2.18. The first-order chi connectivity index (χ1) is 20.8. The average molecular weight is 613 g/mol. The Morgan fingerprint density at radius 3 is 1.53 bits per heavy atom. The molecular formula is C34H64N2O7. The molecule has 43 heavy (non-hydrogen) atoms. The molecule has 0 aliphatic heterocycles. The SMILES string of the molecule is CCCCCCCCCCCCCCC(=O)OC(CCCCCC)CCCCCCC(=O)NCC(=O)NC(CO)C(=O)O. The molecule has 9 heteroatoms. The predicted octanol–water partition coefficient (Wildman–Crippen LogP) is 6.98. The molecule has 0 aromatic carbocycles. The van der Waals surface area contributed by atoms with Gasteiger partial charge in [0.2, 0.25) is 11.8 Å². The maximum Gasteiger partial charge on any atom is 0.328 e. The van der Waals surface area contributed by atoms with Crippen molar-refractivity contribution in [2.75, 3.05) is 13.2 Å². The van der Waals surface area contributed by atoms with Crippen LogP contribution in [0.1, 0.15) is 168 Å². The van der Waals surface area contributed by atoms with E-state index in [0.29, 0.717) is 12.8 Å². The van der Waals surface area contributed by atoms with Gasteiger partial charge in [-0.25, -0.2) is 4.79 Å². The highest BCUT2D eigenvalue weighted by molar-refractivity contribution is 5.87. The molecule has 0 bridgehead atoms. The highest BCUT2D eigenvalue weighted by atomic mass is 16.5. The standard InChI is InChI=1S/C34H64N2O7/c1-3-5-7-9-10-11-12-13-14-15-16-22-26-33(40)43-29(23-19-8-6-4-2)24-20-17-18-21-25-31(38)35-27-32(39)36-30(28-37)34(41)42/h29-30,37H,3-28H2,1-2H3,(H,35,38)(H,36,39)(H,41,42). The number of carboxylic acid groups (broad SMARTS) is 1. The maximum atomic E-state index is 12.5. The minimum absolute atomic E-state index is 0.0305. The number of ether oxygens (including phenoxy) is 1. The molecule has 4 N–H and O–H groups in total. The topological polar surface area (TPSA) is 142 Å². The third kappa shape index (κ3) is 27.1. The summed E-state index contributed by atoms with van der Waals surface area (Å²) < 4.78 is 5.89.